The van der Waals surface area contributed by atoms with Crippen molar-refractivity contribution >= 4 is 5.97 Å². The number of hydrogen-bond acceptors (Lipinski definition) is 3. The zero-order valence-electron chi connectivity index (χ0n) is 14.0. The first-order chi connectivity index (χ1) is 10.7. The molecule has 0 unspecified atom stereocenters. The molecule has 0 N–H and O–H groups in total. The summed E-state index contributed by atoms with van der Waals surface area (Å²) < 4.78 is 0. The van der Waals surface area contributed by atoms with Crippen molar-refractivity contribution in [3.8, 4) is 0 Å². The van der Waals surface area contributed by atoms with Gasteiger partial charge in [-0.05, 0) is 37.5 Å². The quantitative estimate of drug-likeness (QED) is 0.314. The van der Waals surface area contributed by atoms with Crippen LogP contribution in [-0.4, -0.2) is 12.6 Å². The second-order valence-electron chi connectivity index (χ2n) is 5.77. The lowest BCUT2D eigenvalue weighted by atomic mass is 10.0. The molecule has 0 saturated carbocycles. The largest absolute Gasteiger partial charge is 0.373 e. The fraction of sp³-hybridized carbons (Fsp3) is 0.579. The zero-order chi connectivity index (χ0) is 16.2. The molecule has 1 aromatic rings. The monoisotopic (exact) mass is 305 g/mol. The average Bonchev–Trinajstić information content (AvgIpc) is 2.51. The number of carbonyl (C=O) groups is 1. The van der Waals surface area contributed by atoms with Gasteiger partial charge in [0.1, 0.15) is 0 Å². The molecule has 0 atom stereocenters. The highest BCUT2D eigenvalue weighted by molar-refractivity contribution is 5.90. The Labute approximate surface area is 134 Å². The van der Waals surface area contributed by atoms with E-state index in [0.717, 1.165) is 30.4 Å². The molecule has 0 aliphatic carbocycles. The van der Waals surface area contributed by atoms with Crippen molar-refractivity contribution < 1.29 is 14.6 Å². The van der Waals surface area contributed by atoms with Gasteiger partial charge in [-0.1, -0.05) is 64.0 Å². The molecule has 0 aliphatic rings. The van der Waals surface area contributed by atoms with E-state index in [0.29, 0.717) is 12.2 Å². The number of unbranched alkanes of at least 4 members (excludes halogenated alkanes) is 7. The summed E-state index contributed by atoms with van der Waals surface area (Å²) in [5.74, 6) is -0.408. The molecule has 0 aliphatic heterocycles. The highest BCUT2D eigenvalue weighted by Gasteiger charge is 2.12. The normalized spacial score (nSPS) is 10.7. The van der Waals surface area contributed by atoms with E-state index in [2.05, 4.69) is 6.92 Å². The van der Waals surface area contributed by atoms with Crippen LogP contribution in [0, 0.1) is 20.8 Å². The van der Waals surface area contributed by atoms with Crippen LogP contribution in [0.4, 0.5) is 0 Å². The second-order valence-corrected chi connectivity index (χ2v) is 5.77. The second kappa shape index (κ2) is 11.2. The van der Waals surface area contributed by atoms with Gasteiger partial charge in [-0.15, -0.1) is 0 Å². The van der Waals surface area contributed by atoms with E-state index >= 15 is 0 Å². The summed E-state index contributed by atoms with van der Waals surface area (Å²) in [5.41, 5.74) is 2.59. The Morgan fingerprint density at radius 2 is 1.64 bits per heavy atom. The van der Waals surface area contributed by atoms with Gasteiger partial charge in [0, 0.05) is 0 Å². The number of hydrogen-bond donors (Lipinski definition) is 0. The summed E-state index contributed by atoms with van der Waals surface area (Å²) >= 11 is 0. The van der Waals surface area contributed by atoms with Crippen LogP contribution in [0.25, 0.3) is 0 Å². The van der Waals surface area contributed by atoms with Crippen molar-refractivity contribution in [2.75, 3.05) is 6.61 Å². The van der Waals surface area contributed by atoms with Gasteiger partial charge in [0.15, 0.2) is 0 Å². The van der Waals surface area contributed by atoms with Crippen LogP contribution in [0.3, 0.4) is 0 Å². The molecule has 0 spiro atoms. The Kier molecular flexibility index (Phi) is 9.56. The third-order valence-corrected chi connectivity index (χ3v) is 3.94. The molecule has 0 aromatic heterocycles. The molecule has 22 heavy (non-hydrogen) atoms. The minimum absolute atomic E-state index is 0.408. The van der Waals surface area contributed by atoms with Gasteiger partial charge in [0.2, 0.25) is 0 Å². The van der Waals surface area contributed by atoms with Crippen LogP contribution in [0.1, 0.15) is 72.9 Å². The van der Waals surface area contributed by atoms with E-state index in [1.54, 1.807) is 6.07 Å². The van der Waals surface area contributed by atoms with Gasteiger partial charge in [-0.2, -0.15) is 4.89 Å². The molecule has 123 valence electrons. The van der Waals surface area contributed by atoms with Gasteiger partial charge in [0.05, 0.1) is 12.2 Å². The topological polar surface area (TPSA) is 35.5 Å². The molecular formula is C19H29O3. The summed E-state index contributed by atoms with van der Waals surface area (Å²) in [7, 11) is 0. The van der Waals surface area contributed by atoms with E-state index in [-0.39, 0.29) is 0 Å². The molecule has 0 saturated heterocycles. The van der Waals surface area contributed by atoms with Gasteiger partial charge in [-0.3, -0.25) is 4.89 Å². The van der Waals surface area contributed by atoms with Crippen molar-refractivity contribution in [1.82, 2.24) is 0 Å². The van der Waals surface area contributed by atoms with E-state index < -0.39 is 5.97 Å². The Bertz CT molecular complexity index is 440. The van der Waals surface area contributed by atoms with Gasteiger partial charge >= 0.3 is 5.97 Å². The molecular weight excluding hydrogens is 276 g/mol. The maximum atomic E-state index is 11.9. The molecule has 1 rings (SSSR count). The minimum atomic E-state index is -0.408. The predicted molar refractivity (Wildman–Crippen MR) is 89.6 cm³/mol. The minimum Gasteiger partial charge on any atom is -0.293 e. The van der Waals surface area contributed by atoms with Crippen LogP contribution < -0.4 is 0 Å². The summed E-state index contributed by atoms with van der Waals surface area (Å²) in [6.45, 7) is 8.20. The van der Waals surface area contributed by atoms with Crippen LogP contribution in [0.5, 0.6) is 0 Å². The molecule has 0 fully saturated rings. The maximum Gasteiger partial charge on any atom is 0.373 e. The zero-order valence-corrected chi connectivity index (χ0v) is 14.0. The molecule has 0 heterocycles. The first kappa shape index (κ1) is 18.7. The SMILES string of the molecule is [CH2]CCCCCCCCCOOC(=O)c1cccc(C)c1C. The average molecular weight is 305 g/mol. The lowest BCUT2D eigenvalue weighted by Gasteiger charge is -2.07. The first-order valence-electron chi connectivity index (χ1n) is 8.36. The lowest BCUT2D eigenvalue weighted by Crippen LogP contribution is -2.09. The van der Waals surface area contributed by atoms with Gasteiger partial charge < -0.3 is 0 Å². The Morgan fingerprint density at radius 1 is 1.00 bits per heavy atom. The summed E-state index contributed by atoms with van der Waals surface area (Å²) in [6.07, 6.45) is 9.37. The third-order valence-electron chi connectivity index (χ3n) is 3.94. The Morgan fingerprint density at radius 3 is 2.32 bits per heavy atom. The van der Waals surface area contributed by atoms with E-state index in [1.165, 1.54) is 32.1 Å². The van der Waals surface area contributed by atoms with Crippen molar-refractivity contribution in [1.29, 1.82) is 0 Å². The third kappa shape index (κ3) is 7.08. The lowest BCUT2D eigenvalue weighted by molar-refractivity contribution is -0.241. The van der Waals surface area contributed by atoms with Crippen LogP contribution in [0.2, 0.25) is 0 Å². The van der Waals surface area contributed by atoms with Crippen molar-refractivity contribution in [2.45, 2.75) is 65.2 Å². The van der Waals surface area contributed by atoms with Gasteiger partial charge in [-0.25, -0.2) is 4.79 Å². The molecule has 0 amide bonds. The van der Waals surface area contributed by atoms with Crippen molar-refractivity contribution in [3.05, 3.63) is 41.8 Å². The Balaban J connectivity index is 2.07. The standard InChI is InChI=1S/C19H29O3/c1-4-5-6-7-8-9-10-11-15-21-22-19(20)18-14-12-13-16(2)17(18)3/h12-14H,1,4-11,15H2,2-3H3. The highest BCUT2D eigenvalue weighted by atomic mass is 17.2. The van der Waals surface area contributed by atoms with Gasteiger partial charge in [0.25, 0.3) is 0 Å². The Hall–Kier alpha value is -1.35. The van der Waals surface area contributed by atoms with Crippen LogP contribution in [-0.2, 0) is 9.78 Å². The van der Waals surface area contributed by atoms with Crippen molar-refractivity contribution in [3.63, 3.8) is 0 Å². The summed E-state index contributed by atoms with van der Waals surface area (Å²) in [5, 5.41) is 0. The van der Waals surface area contributed by atoms with Crippen LogP contribution in [0.15, 0.2) is 18.2 Å². The fourth-order valence-electron chi connectivity index (χ4n) is 2.33. The van der Waals surface area contributed by atoms with Crippen LogP contribution >= 0.6 is 0 Å². The number of carbonyl (C=O) groups excluding carboxylic acids is 1. The highest BCUT2D eigenvalue weighted by Crippen LogP contribution is 2.14. The molecule has 0 bridgehead atoms. The summed E-state index contributed by atoms with van der Waals surface area (Å²) in [6, 6.07) is 5.59. The van der Waals surface area contributed by atoms with E-state index in [4.69, 9.17) is 9.78 Å². The molecule has 1 radical (unpaired) electrons. The number of benzene rings is 1. The molecule has 1 aromatic carbocycles. The fourth-order valence-corrected chi connectivity index (χ4v) is 2.33. The number of rotatable bonds is 11. The maximum absolute atomic E-state index is 11.9. The predicted octanol–water partition coefficient (Wildman–Crippen LogP) is 5.35. The summed E-state index contributed by atoms with van der Waals surface area (Å²) in [4.78, 5) is 21.8. The molecule has 3 heteroatoms. The van der Waals surface area contributed by atoms with E-state index in [1.807, 2.05) is 26.0 Å². The smallest absolute Gasteiger partial charge is 0.293 e. The van der Waals surface area contributed by atoms with E-state index in [9.17, 15) is 4.79 Å². The molecule has 3 nitrogen and oxygen atoms in total. The first-order valence-corrected chi connectivity index (χ1v) is 8.36. The van der Waals surface area contributed by atoms with Crippen molar-refractivity contribution in [2.24, 2.45) is 0 Å². The number of aryl methyl sites for hydroxylation is 1.